The van der Waals surface area contributed by atoms with Crippen LogP contribution in [0.1, 0.15) is 264 Å². The van der Waals surface area contributed by atoms with Gasteiger partial charge in [-0.2, -0.15) is 0 Å². The van der Waals surface area contributed by atoms with Crippen LogP contribution in [-0.2, 0) is 33.2 Å². The molecule has 3 aliphatic heterocycles. The van der Waals surface area contributed by atoms with Crippen molar-refractivity contribution in [2.24, 2.45) is 0 Å². The molecule has 12 N–H and O–H groups in total. The van der Waals surface area contributed by atoms with Crippen molar-refractivity contribution in [1.29, 1.82) is 0 Å². The van der Waals surface area contributed by atoms with Gasteiger partial charge in [-0.3, -0.25) is 4.79 Å². The molecule has 19 nitrogen and oxygen atoms in total. The molecule has 3 fully saturated rings. The van der Waals surface area contributed by atoms with Crippen molar-refractivity contribution in [3.05, 3.63) is 0 Å². The van der Waals surface area contributed by atoms with E-state index in [2.05, 4.69) is 19.2 Å². The molecular weight excluding hydrogens is 1060 g/mol. The lowest BCUT2D eigenvalue weighted by atomic mass is 9.96. The fourth-order valence-electron chi connectivity index (χ4n) is 11.7. The van der Waals surface area contributed by atoms with E-state index in [1.807, 2.05) is 0 Å². The van der Waals surface area contributed by atoms with Gasteiger partial charge in [-0.05, 0) is 12.8 Å². The Hall–Kier alpha value is -1.21. The molecule has 1 amide bonds. The average Bonchev–Trinajstić information content (AvgIpc) is 3.49. The Bertz CT molecular complexity index is 1500. The predicted molar refractivity (Wildman–Crippen MR) is 314 cm³/mol. The molecule has 3 rings (SSSR count). The molecule has 486 valence electrons. The molecule has 82 heavy (non-hydrogen) atoms. The van der Waals surface area contributed by atoms with Gasteiger partial charge in [0, 0.05) is 6.42 Å². The number of hydrogen-bond acceptors (Lipinski definition) is 18. The fourth-order valence-corrected chi connectivity index (χ4v) is 11.7. The number of aliphatic hydroxyl groups is 11. The van der Waals surface area contributed by atoms with Crippen LogP contribution in [0.4, 0.5) is 0 Å². The lowest BCUT2D eigenvalue weighted by Gasteiger charge is -2.48. The van der Waals surface area contributed by atoms with Gasteiger partial charge >= 0.3 is 0 Å². The first-order valence-electron chi connectivity index (χ1n) is 33.3. The molecule has 0 radical (unpaired) electrons. The third-order valence-electron chi connectivity index (χ3n) is 17.2. The van der Waals surface area contributed by atoms with E-state index in [0.29, 0.717) is 12.8 Å². The van der Waals surface area contributed by atoms with Crippen LogP contribution in [0.25, 0.3) is 0 Å². The second kappa shape index (κ2) is 46.9. The third kappa shape index (κ3) is 29.7. The Morgan fingerprint density at radius 1 is 0.390 bits per heavy atom. The first-order chi connectivity index (χ1) is 39.8. The summed E-state index contributed by atoms with van der Waals surface area (Å²) >= 11 is 0. The van der Waals surface area contributed by atoms with E-state index in [-0.39, 0.29) is 18.9 Å². The largest absolute Gasteiger partial charge is 0.394 e. The van der Waals surface area contributed by atoms with Crippen LogP contribution in [0, 0.1) is 0 Å². The molecule has 0 aromatic heterocycles. The summed E-state index contributed by atoms with van der Waals surface area (Å²) in [5.41, 5.74) is 0. The van der Waals surface area contributed by atoms with Crippen LogP contribution >= 0.6 is 0 Å². The highest BCUT2D eigenvalue weighted by Crippen LogP contribution is 2.33. The second-order valence-electron chi connectivity index (χ2n) is 24.3. The summed E-state index contributed by atoms with van der Waals surface area (Å²) in [6.45, 7) is 1.68. The zero-order valence-electron chi connectivity index (χ0n) is 51.0. The standard InChI is InChI=1S/C63H121NO18/c1-3-5-7-9-10-11-12-13-14-15-16-17-18-19-20-21-22-23-24-25-26-27-28-29-30-31-32-33-34-35-36-37-39-41-51(69)64-46(47(68)40-38-8-6-4-2)45-77-61-57(75)54(72)59(49(43-66)79-61)82-63-58(76)55(73)60(50(44-67)80-63)81-62-56(74)53(71)52(70)48(42-65)78-62/h46-50,52-63,65-68,70-76H,3-45H2,1-2H3,(H,64,69). The van der Waals surface area contributed by atoms with Crippen molar-refractivity contribution in [3.8, 4) is 0 Å². The van der Waals surface area contributed by atoms with Crippen LogP contribution in [0.3, 0.4) is 0 Å². The predicted octanol–water partition coefficient (Wildman–Crippen LogP) is 7.55. The van der Waals surface area contributed by atoms with Crippen molar-refractivity contribution in [2.45, 2.75) is 369 Å². The van der Waals surface area contributed by atoms with E-state index in [0.717, 1.165) is 44.9 Å². The number of unbranched alkanes of at least 4 members (excludes halogenated alkanes) is 35. The summed E-state index contributed by atoms with van der Waals surface area (Å²) in [4.78, 5) is 13.2. The van der Waals surface area contributed by atoms with Crippen molar-refractivity contribution in [3.63, 3.8) is 0 Å². The number of nitrogens with one attached hydrogen (secondary N) is 1. The Morgan fingerprint density at radius 2 is 0.695 bits per heavy atom. The highest BCUT2D eigenvalue weighted by molar-refractivity contribution is 5.76. The minimum Gasteiger partial charge on any atom is -0.394 e. The minimum absolute atomic E-state index is 0.246. The van der Waals surface area contributed by atoms with Crippen molar-refractivity contribution >= 4 is 5.91 Å². The third-order valence-corrected chi connectivity index (χ3v) is 17.2. The number of carbonyl (C=O) groups is 1. The number of aliphatic hydroxyl groups excluding tert-OH is 11. The van der Waals surface area contributed by atoms with E-state index in [4.69, 9.17) is 28.4 Å². The van der Waals surface area contributed by atoms with E-state index >= 15 is 0 Å². The maximum absolute atomic E-state index is 13.2. The fraction of sp³-hybridized carbons (Fsp3) is 0.984. The summed E-state index contributed by atoms with van der Waals surface area (Å²) in [7, 11) is 0. The van der Waals surface area contributed by atoms with Crippen molar-refractivity contribution in [1.82, 2.24) is 5.32 Å². The molecule has 17 unspecified atom stereocenters. The zero-order chi connectivity index (χ0) is 59.7. The molecule has 3 saturated heterocycles. The van der Waals surface area contributed by atoms with Gasteiger partial charge in [0.1, 0.15) is 73.2 Å². The quantitative estimate of drug-likeness (QED) is 0.0262. The summed E-state index contributed by atoms with van der Waals surface area (Å²) in [6.07, 6.45) is 21.9. The molecule has 0 bridgehead atoms. The highest BCUT2D eigenvalue weighted by atomic mass is 16.8. The molecule has 0 aliphatic carbocycles. The maximum Gasteiger partial charge on any atom is 0.220 e. The molecule has 0 saturated carbocycles. The summed E-state index contributed by atoms with van der Waals surface area (Å²) in [5.74, 6) is -0.246. The van der Waals surface area contributed by atoms with Gasteiger partial charge in [0.2, 0.25) is 5.91 Å². The lowest BCUT2D eigenvalue weighted by molar-refractivity contribution is -0.379. The molecule has 3 aliphatic rings. The van der Waals surface area contributed by atoms with E-state index < -0.39 is 124 Å². The highest BCUT2D eigenvalue weighted by Gasteiger charge is 2.53. The van der Waals surface area contributed by atoms with Crippen LogP contribution in [0.15, 0.2) is 0 Å². The number of hydrogen-bond donors (Lipinski definition) is 12. The monoisotopic (exact) mass is 1180 g/mol. The number of rotatable bonds is 51. The van der Waals surface area contributed by atoms with E-state index in [9.17, 15) is 61.0 Å². The molecule has 0 aromatic rings. The Labute approximate surface area is 493 Å². The van der Waals surface area contributed by atoms with Crippen LogP contribution in [0.5, 0.6) is 0 Å². The normalized spacial score (nSPS) is 29.5. The van der Waals surface area contributed by atoms with Crippen LogP contribution in [0.2, 0.25) is 0 Å². The van der Waals surface area contributed by atoms with Gasteiger partial charge in [-0.1, -0.05) is 245 Å². The Morgan fingerprint density at radius 3 is 1.06 bits per heavy atom. The van der Waals surface area contributed by atoms with E-state index in [1.54, 1.807) is 0 Å². The summed E-state index contributed by atoms with van der Waals surface area (Å²) in [5, 5.41) is 120. The van der Waals surface area contributed by atoms with Crippen LogP contribution in [-0.4, -0.2) is 193 Å². The zero-order valence-corrected chi connectivity index (χ0v) is 51.0. The van der Waals surface area contributed by atoms with Gasteiger partial charge in [-0.15, -0.1) is 0 Å². The SMILES string of the molecule is CCCCCCCCCCCCCCCCCCCCCCCCCCCCCCCCCCCC(=O)NC(COC1OC(CO)C(OC2OC(CO)C(OC3OC(CO)C(O)C(O)C3O)C(O)C2O)C(O)C1O)C(O)CCCCCC. The Kier molecular flexibility index (Phi) is 42.9. The van der Waals surface area contributed by atoms with Gasteiger partial charge in [0.05, 0.1) is 38.6 Å². The molecular formula is C63H121NO18. The van der Waals surface area contributed by atoms with Gasteiger partial charge in [0.15, 0.2) is 18.9 Å². The average molecular weight is 1180 g/mol. The molecule has 17 atom stereocenters. The smallest absolute Gasteiger partial charge is 0.220 e. The lowest BCUT2D eigenvalue weighted by Crippen LogP contribution is -2.66. The molecule has 3 heterocycles. The van der Waals surface area contributed by atoms with Crippen LogP contribution < -0.4 is 5.32 Å². The minimum atomic E-state index is -1.97. The molecule has 0 spiro atoms. The molecule has 19 heteroatoms. The topological polar surface area (TPSA) is 307 Å². The Balaban J connectivity index is 1.25. The first kappa shape index (κ1) is 75.0. The van der Waals surface area contributed by atoms with Crippen molar-refractivity contribution < 1.29 is 89.4 Å². The number of amides is 1. The first-order valence-corrected chi connectivity index (χ1v) is 33.3. The van der Waals surface area contributed by atoms with Crippen molar-refractivity contribution in [2.75, 3.05) is 26.4 Å². The number of ether oxygens (including phenoxy) is 6. The van der Waals surface area contributed by atoms with Gasteiger partial charge in [-0.25, -0.2) is 0 Å². The van der Waals surface area contributed by atoms with Gasteiger partial charge in [0.25, 0.3) is 0 Å². The van der Waals surface area contributed by atoms with Gasteiger partial charge < -0.3 is 89.9 Å². The summed E-state index contributed by atoms with van der Waals surface area (Å²) in [6, 6.07) is -0.877. The molecule has 0 aromatic carbocycles. The number of carbonyl (C=O) groups excluding carboxylic acids is 1. The second-order valence-corrected chi connectivity index (χ2v) is 24.3. The summed E-state index contributed by atoms with van der Waals surface area (Å²) < 4.78 is 34.1. The maximum atomic E-state index is 13.2. The van der Waals surface area contributed by atoms with E-state index in [1.165, 1.54) is 186 Å².